The average Bonchev–Trinajstić information content (AvgIpc) is 3.92. The van der Waals surface area contributed by atoms with Crippen molar-refractivity contribution in [2.75, 3.05) is 40.5 Å². The Labute approximate surface area is 436 Å². The number of halogens is 1. The van der Waals surface area contributed by atoms with Crippen LogP contribution in [0.15, 0.2) is 112 Å². The van der Waals surface area contributed by atoms with Crippen molar-refractivity contribution in [2.24, 2.45) is 10.2 Å². The van der Waals surface area contributed by atoms with Gasteiger partial charge in [-0.2, -0.15) is 10.2 Å². The minimum absolute atomic E-state index is 0.0887. The van der Waals surface area contributed by atoms with Crippen LogP contribution < -0.4 is 30.0 Å². The van der Waals surface area contributed by atoms with E-state index in [4.69, 9.17) is 30.5 Å². The molecule has 3 amide bonds. The summed E-state index contributed by atoms with van der Waals surface area (Å²) in [6.07, 6.45) is 7.20. The summed E-state index contributed by atoms with van der Waals surface area (Å²) in [7, 11) is 2.88. The number of imidazole rings is 1. The van der Waals surface area contributed by atoms with Gasteiger partial charge in [-0.1, -0.05) is 48.0 Å². The van der Waals surface area contributed by atoms with Crippen LogP contribution in [0.5, 0.6) is 28.7 Å². The Morgan fingerprint density at radius 3 is 2.47 bits per heavy atom. The minimum Gasteiger partial charge on any atom is -0.507 e. The minimum atomic E-state index is -0.772. The van der Waals surface area contributed by atoms with E-state index in [9.17, 15) is 33.9 Å². The van der Waals surface area contributed by atoms with Crippen molar-refractivity contribution in [1.82, 2.24) is 24.7 Å². The van der Waals surface area contributed by atoms with E-state index in [1.807, 2.05) is 49.4 Å². The van der Waals surface area contributed by atoms with Crippen LogP contribution in [0.4, 0.5) is 11.4 Å². The van der Waals surface area contributed by atoms with Gasteiger partial charge in [0.15, 0.2) is 23.1 Å². The molecule has 1 atom stereocenters. The fourth-order valence-electron chi connectivity index (χ4n) is 9.43. The molecule has 18 nitrogen and oxygen atoms in total. The molecule has 19 heteroatoms. The smallest absolute Gasteiger partial charge is 0.330 e. The number of carbonyl (C=O) groups is 5. The largest absolute Gasteiger partial charge is 0.507 e. The van der Waals surface area contributed by atoms with Gasteiger partial charge < -0.3 is 33.9 Å². The summed E-state index contributed by atoms with van der Waals surface area (Å²) in [6, 6.07) is 23.5. The lowest BCUT2D eigenvalue weighted by atomic mass is 10.0. The van der Waals surface area contributed by atoms with E-state index in [0.29, 0.717) is 83.3 Å². The van der Waals surface area contributed by atoms with Gasteiger partial charge in [0.25, 0.3) is 5.91 Å². The van der Waals surface area contributed by atoms with Crippen LogP contribution in [0.1, 0.15) is 81.5 Å². The third kappa shape index (κ3) is 11.6. The quantitative estimate of drug-likeness (QED) is 0.0214. The van der Waals surface area contributed by atoms with Crippen LogP contribution in [0.25, 0.3) is 22.8 Å². The first kappa shape index (κ1) is 51.5. The molecule has 0 bridgehead atoms. The van der Waals surface area contributed by atoms with Crippen molar-refractivity contribution < 1.29 is 48.0 Å². The molecule has 6 aromatic rings. The molecule has 3 aliphatic rings. The van der Waals surface area contributed by atoms with Crippen molar-refractivity contribution in [3.8, 4) is 28.7 Å². The van der Waals surface area contributed by atoms with Crippen molar-refractivity contribution in [3.63, 3.8) is 0 Å². The molecule has 0 radical (unpaired) electrons. The fourth-order valence-corrected chi connectivity index (χ4v) is 9.73. The molecular weight excluding hydrogens is 982 g/mol. The highest BCUT2D eigenvalue weighted by atomic mass is 35.5. The number of para-hydroxylation sites is 2. The summed E-state index contributed by atoms with van der Waals surface area (Å²) < 4.78 is 25.1. The lowest BCUT2D eigenvalue weighted by Gasteiger charge is -2.29. The highest BCUT2D eigenvalue weighted by Gasteiger charge is 2.40. The van der Waals surface area contributed by atoms with Crippen molar-refractivity contribution >= 4 is 75.1 Å². The molecule has 1 aromatic heterocycles. The summed E-state index contributed by atoms with van der Waals surface area (Å²) in [6.45, 7) is 3.42. The number of nitrogens with zero attached hydrogens (tertiary/aromatic N) is 5. The first-order valence-electron chi connectivity index (χ1n) is 24.5. The molecule has 4 heterocycles. The predicted octanol–water partition coefficient (Wildman–Crippen LogP) is 9.03. The first-order valence-corrected chi connectivity index (χ1v) is 24.8. The zero-order valence-electron chi connectivity index (χ0n) is 41.5. The number of imide groups is 1. The maximum Gasteiger partial charge on any atom is 0.330 e. The Bertz CT molecular complexity index is 3370. The lowest BCUT2D eigenvalue weighted by molar-refractivity contribution is -0.137. The summed E-state index contributed by atoms with van der Waals surface area (Å²) in [5.74, 6) is -1.02. The van der Waals surface area contributed by atoms with E-state index in [1.54, 1.807) is 47.0 Å². The predicted molar refractivity (Wildman–Crippen MR) is 280 cm³/mol. The number of methoxy groups -OCH3 is 2. The number of Topliss-reactive ketones (excluding diaryl/α,β-unsaturated/α-hetero) is 1. The Hall–Kier alpha value is -8.35. The Morgan fingerprint density at radius 1 is 0.893 bits per heavy atom. The number of hydrogen-bond acceptors (Lipinski definition) is 14. The second kappa shape index (κ2) is 22.8. The number of phenolic OH excluding ortho intramolecular Hbond substituents is 1. The summed E-state index contributed by atoms with van der Waals surface area (Å²) in [4.78, 5) is 84.1. The number of carbonyl (C=O) groups excluding carboxylic acids is 5. The van der Waals surface area contributed by atoms with Gasteiger partial charge in [0.05, 0.1) is 48.8 Å². The third-order valence-corrected chi connectivity index (χ3v) is 13.6. The van der Waals surface area contributed by atoms with Gasteiger partial charge in [-0.05, 0) is 92.3 Å². The van der Waals surface area contributed by atoms with Gasteiger partial charge in [0.2, 0.25) is 17.6 Å². The van der Waals surface area contributed by atoms with E-state index < -0.39 is 17.7 Å². The molecule has 0 aliphatic carbocycles. The number of aromatic nitrogens is 2. The van der Waals surface area contributed by atoms with Crippen LogP contribution in [0.2, 0.25) is 5.02 Å². The number of aromatic hydroxyl groups is 1. The standard InChI is InChI=1S/C56H54ClN7O11/c1-33-16-17-34(42(57)24-33)18-20-47(66)40-25-35(29-62-22-9-10-37(30-62)64-45-15-5-4-13-44(45)58-56(64)71)49(28-48(40)67)74-23-7-6-11-38(65)32-75-53-50(72-2)26-36(27-51(53)73-3)60-61-43-14-8-12-39-41(43)31-63(55(39)70)46-19-21-52(68)59-54(46)69/h4-5,8,10,12-18,20,24-28,46,67H,6-7,9,11,19,21-23,29-32H2,1-3H3,(H,58,71)(H,59,68,69)/b20-18+,61-60?. The molecular formula is C56H54ClN7O11. The molecule has 75 heavy (non-hydrogen) atoms. The van der Waals surface area contributed by atoms with Crippen molar-refractivity contribution in [1.29, 1.82) is 0 Å². The van der Waals surface area contributed by atoms with Crippen molar-refractivity contribution in [3.05, 3.63) is 146 Å². The van der Waals surface area contributed by atoms with Gasteiger partial charge >= 0.3 is 5.69 Å². The summed E-state index contributed by atoms with van der Waals surface area (Å²) in [5, 5.41) is 22.9. The number of piperidine rings is 1. The molecule has 3 aliphatic heterocycles. The monoisotopic (exact) mass is 1040 g/mol. The molecule has 9 rings (SSSR count). The van der Waals surface area contributed by atoms with E-state index in [1.165, 1.54) is 31.3 Å². The van der Waals surface area contributed by atoms with Crippen LogP contribution in [-0.2, 0) is 27.5 Å². The molecule has 5 aromatic carbocycles. The molecule has 1 saturated heterocycles. The number of aromatic amines is 1. The van der Waals surface area contributed by atoms with Gasteiger partial charge in [-0.25, -0.2) is 4.79 Å². The number of amides is 3. The number of fused-ring (bicyclic) bond motifs is 2. The van der Waals surface area contributed by atoms with Crippen LogP contribution in [-0.4, -0.2) is 100 Å². The lowest BCUT2D eigenvalue weighted by Crippen LogP contribution is -2.52. The SMILES string of the molecule is COc1cc(N=Nc2cccc3c2CN(C2CCC(=O)NC2=O)C3=O)cc(OC)c1OCC(=O)CCCCOc1cc(O)c(C(=O)/C=C/c2ccc(C)cc2Cl)cc1CN1CCC=C(n2c(=O)[nH]c3ccccc32)C1. The highest BCUT2D eigenvalue weighted by molar-refractivity contribution is 6.32. The molecule has 1 unspecified atom stereocenters. The van der Waals surface area contributed by atoms with Gasteiger partial charge in [0.1, 0.15) is 24.1 Å². The van der Waals surface area contributed by atoms with Crippen LogP contribution in [0.3, 0.4) is 0 Å². The molecule has 0 saturated carbocycles. The van der Waals surface area contributed by atoms with E-state index in [0.717, 1.165) is 22.3 Å². The topological polar surface area (TPSA) is 224 Å². The first-order chi connectivity index (χ1) is 36.3. The number of ketones is 2. The normalized spacial score (nSPS) is 15.9. The Kier molecular flexibility index (Phi) is 15.7. The number of aryl methyl sites for hydroxylation is 1. The average molecular weight is 1040 g/mol. The second-order valence-corrected chi connectivity index (χ2v) is 18.8. The van der Waals surface area contributed by atoms with Crippen LogP contribution >= 0.6 is 11.6 Å². The zero-order chi connectivity index (χ0) is 52.8. The second-order valence-electron chi connectivity index (χ2n) is 18.4. The van der Waals surface area contributed by atoms with E-state index >= 15 is 0 Å². The Balaban J connectivity index is 0.826. The third-order valence-electron chi connectivity index (χ3n) is 13.3. The number of rotatable bonds is 20. The summed E-state index contributed by atoms with van der Waals surface area (Å²) >= 11 is 6.43. The maximum absolute atomic E-state index is 13.6. The fraction of sp³-hybridized carbons (Fsp3) is 0.286. The number of phenols is 1. The molecule has 3 N–H and O–H groups in total. The number of nitrogens with one attached hydrogen (secondary N) is 2. The number of H-pyrrole nitrogens is 1. The Morgan fingerprint density at radius 2 is 1.69 bits per heavy atom. The molecule has 0 spiro atoms. The molecule has 386 valence electrons. The number of unbranched alkanes of at least 4 members (excludes halogenated alkanes) is 1. The van der Waals surface area contributed by atoms with E-state index in [2.05, 4.69) is 31.5 Å². The van der Waals surface area contributed by atoms with Crippen LogP contribution in [0, 0.1) is 6.92 Å². The number of allylic oxidation sites excluding steroid dienone is 1. The highest BCUT2D eigenvalue weighted by Crippen LogP contribution is 2.42. The van der Waals surface area contributed by atoms with Gasteiger partial charge in [-0.3, -0.25) is 38.8 Å². The molecule has 1 fully saturated rings. The number of hydrogen-bond donors (Lipinski definition) is 3. The van der Waals surface area contributed by atoms with Gasteiger partial charge in [-0.15, -0.1) is 0 Å². The van der Waals surface area contributed by atoms with E-state index in [-0.39, 0.29) is 90.9 Å². The number of ether oxygens (including phenoxy) is 4. The maximum atomic E-state index is 13.6. The van der Waals surface area contributed by atoms with Crippen molar-refractivity contribution in [2.45, 2.75) is 64.6 Å². The zero-order valence-corrected chi connectivity index (χ0v) is 42.3. The summed E-state index contributed by atoms with van der Waals surface area (Å²) in [5.41, 5.74) is 6.24. The number of azo groups is 1. The van der Waals surface area contributed by atoms with Gasteiger partial charge in [0, 0.05) is 84.6 Å². The number of benzene rings is 5.